The lowest BCUT2D eigenvalue weighted by molar-refractivity contribution is -0.109. The van der Waals surface area contributed by atoms with Gasteiger partial charge in [-0.3, -0.25) is 4.79 Å². The number of hydrogen-bond acceptors (Lipinski definition) is 3. The molecule has 0 aliphatic carbocycles. The van der Waals surface area contributed by atoms with Crippen LogP contribution in [0.3, 0.4) is 0 Å². The molecule has 3 rings (SSSR count). The molecule has 0 unspecified atom stereocenters. The van der Waals surface area contributed by atoms with Crippen LogP contribution in [0.15, 0.2) is 72.1 Å². The summed E-state index contributed by atoms with van der Waals surface area (Å²) in [6.07, 6.45) is 1.12. The Morgan fingerprint density at radius 3 is 1.81 bits per heavy atom. The maximum Gasteiger partial charge on any atom is 0.201 e. The summed E-state index contributed by atoms with van der Waals surface area (Å²) < 4.78 is 24.8. The van der Waals surface area contributed by atoms with E-state index in [4.69, 9.17) is 0 Å². The van der Waals surface area contributed by atoms with Gasteiger partial charge in [0.2, 0.25) is 9.84 Å². The van der Waals surface area contributed by atoms with Crippen LogP contribution in [0.2, 0.25) is 0 Å². The average Bonchev–Trinajstić information content (AvgIpc) is 2.51. The van der Waals surface area contributed by atoms with E-state index in [1.54, 1.807) is 54.6 Å². The molecule has 3 nitrogen and oxygen atoms in total. The molecule has 0 amide bonds. The van der Waals surface area contributed by atoms with Crippen molar-refractivity contribution >= 4 is 26.1 Å². The number of allylic oxidation sites excluding steroid dienone is 2. The quantitative estimate of drug-likeness (QED) is 0.855. The van der Waals surface area contributed by atoms with Crippen molar-refractivity contribution in [2.45, 2.75) is 0 Å². The minimum Gasteiger partial charge on any atom is -0.289 e. The van der Waals surface area contributed by atoms with Crippen LogP contribution in [0.4, 0.5) is 0 Å². The zero-order chi connectivity index (χ0) is 14.9. The monoisotopic (exact) mass is 296 g/mol. The number of sulfone groups is 1. The number of benzene rings is 2. The summed E-state index contributed by atoms with van der Waals surface area (Å²) in [6.45, 7) is 0. The highest BCUT2D eigenvalue weighted by atomic mass is 32.2. The Balaban J connectivity index is 2.36. The SMILES string of the molecule is O=C1C=CS(=O)(=O)C(c2ccccc2)=C1c1ccccc1. The fourth-order valence-electron chi connectivity index (χ4n) is 2.33. The normalized spacial score (nSPS) is 17.0. The van der Waals surface area contributed by atoms with E-state index in [-0.39, 0.29) is 16.3 Å². The first-order chi connectivity index (χ1) is 10.1. The summed E-state index contributed by atoms with van der Waals surface area (Å²) in [5, 5.41) is 0.976. The Morgan fingerprint density at radius 2 is 1.24 bits per heavy atom. The lowest BCUT2D eigenvalue weighted by atomic mass is 9.98. The van der Waals surface area contributed by atoms with E-state index in [9.17, 15) is 13.2 Å². The maximum atomic E-state index is 12.4. The summed E-state index contributed by atoms with van der Waals surface area (Å²) >= 11 is 0. The van der Waals surface area contributed by atoms with Gasteiger partial charge in [0.25, 0.3) is 0 Å². The summed E-state index contributed by atoms with van der Waals surface area (Å²) in [4.78, 5) is 12.3. The molecule has 0 atom stereocenters. The van der Waals surface area contributed by atoms with E-state index < -0.39 is 9.84 Å². The Bertz CT molecular complexity index is 845. The highest BCUT2D eigenvalue weighted by Crippen LogP contribution is 2.35. The number of carbonyl (C=O) groups excluding carboxylic acids is 1. The van der Waals surface area contributed by atoms with Gasteiger partial charge in [-0.2, -0.15) is 0 Å². The van der Waals surface area contributed by atoms with Gasteiger partial charge in [0.05, 0.1) is 4.91 Å². The molecular formula is C17H12O3S. The zero-order valence-electron chi connectivity index (χ0n) is 11.1. The second kappa shape index (κ2) is 5.14. The molecule has 0 saturated carbocycles. The molecule has 1 heterocycles. The first-order valence-corrected chi connectivity index (χ1v) is 7.97. The van der Waals surface area contributed by atoms with Crippen molar-refractivity contribution in [2.24, 2.45) is 0 Å². The number of ketones is 1. The highest BCUT2D eigenvalue weighted by Gasteiger charge is 2.29. The number of hydrogen-bond donors (Lipinski definition) is 0. The number of rotatable bonds is 2. The van der Waals surface area contributed by atoms with Crippen molar-refractivity contribution in [3.63, 3.8) is 0 Å². The molecule has 104 valence electrons. The molecule has 0 fully saturated rings. The van der Waals surface area contributed by atoms with Crippen molar-refractivity contribution in [1.29, 1.82) is 0 Å². The van der Waals surface area contributed by atoms with Crippen molar-refractivity contribution in [3.8, 4) is 0 Å². The second-order valence-electron chi connectivity index (χ2n) is 4.65. The zero-order valence-corrected chi connectivity index (χ0v) is 11.9. The molecule has 2 aromatic rings. The van der Waals surface area contributed by atoms with Gasteiger partial charge in [0.1, 0.15) is 0 Å². The van der Waals surface area contributed by atoms with Crippen LogP contribution >= 0.6 is 0 Å². The Labute approximate surface area is 123 Å². The molecule has 21 heavy (non-hydrogen) atoms. The summed E-state index contributed by atoms with van der Waals surface area (Å²) in [5.41, 5.74) is 1.35. The van der Waals surface area contributed by atoms with E-state index in [2.05, 4.69) is 0 Å². The molecule has 1 aliphatic rings. The van der Waals surface area contributed by atoms with Crippen LogP contribution < -0.4 is 0 Å². The fourth-order valence-corrected chi connectivity index (χ4v) is 3.74. The van der Waals surface area contributed by atoms with E-state index in [1.165, 1.54) is 0 Å². The Kier molecular flexibility index (Phi) is 3.31. The standard InChI is InChI=1S/C17H12O3S/c18-15-11-12-21(19,20)17(14-9-5-2-6-10-14)16(15)13-7-3-1-4-8-13/h1-12H. The van der Waals surface area contributed by atoms with Gasteiger partial charge >= 0.3 is 0 Å². The molecule has 0 radical (unpaired) electrons. The maximum absolute atomic E-state index is 12.4. The highest BCUT2D eigenvalue weighted by molar-refractivity contribution is 8.03. The minimum absolute atomic E-state index is 0.0711. The third-order valence-electron chi connectivity index (χ3n) is 3.25. The van der Waals surface area contributed by atoms with Gasteiger partial charge in [0, 0.05) is 11.0 Å². The summed E-state index contributed by atoms with van der Waals surface area (Å²) in [6, 6.07) is 17.6. The van der Waals surface area contributed by atoms with E-state index in [0.717, 1.165) is 11.5 Å². The fraction of sp³-hybridized carbons (Fsp3) is 0. The van der Waals surface area contributed by atoms with E-state index in [1.807, 2.05) is 6.07 Å². The largest absolute Gasteiger partial charge is 0.289 e. The molecule has 1 aliphatic heterocycles. The summed E-state index contributed by atoms with van der Waals surface area (Å²) in [5.74, 6) is -0.296. The molecular weight excluding hydrogens is 284 g/mol. The smallest absolute Gasteiger partial charge is 0.201 e. The van der Waals surface area contributed by atoms with Gasteiger partial charge in [0.15, 0.2) is 5.78 Å². The molecule has 0 saturated heterocycles. The van der Waals surface area contributed by atoms with Gasteiger partial charge < -0.3 is 0 Å². The first-order valence-electron chi connectivity index (χ1n) is 6.42. The van der Waals surface area contributed by atoms with E-state index in [0.29, 0.717) is 11.1 Å². The minimum atomic E-state index is -3.63. The Hall–Kier alpha value is -2.46. The van der Waals surface area contributed by atoms with Crippen molar-refractivity contribution in [2.75, 3.05) is 0 Å². The topological polar surface area (TPSA) is 51.2 Å². The predicted molar refractivity (Wildman–Crippen MR) is 82.8 cm³/mol. The third-order valence-corrected chi connectivity index (χ3v) is 4.76. The van der Waals surface area contributed by atoms with Gasteiger partial charge in [-0.1, -0.05) is 60.7 Å². The lowest BCUT2D eigenvalue weighted by Crippen LogP contribution is -2.13. The molecule has 4 heteroatoms. The van der Waals surface area contributed by atoms with Gasteiger partial charge in [-0.25, -0.2) is 8.42 Å². The predicted octanol–water partition coefficient (Wildman–Crippen LogP) is 3.07. The molecule has 0 N–H and O–H groups in total. The van der Waals surface area contributed by atoms with Crippen LogP contribution in [0.1, 0.15) is 11.1 Å². The Morgan fingerprint density at radius 1 is 0.714 bits per heavy atom. The molecule has 0 aromatic heterocycles. The van der Waals surface area contributed by atoms with Crippen LogP contribution in [0, 0.1) is 0 Å². The lowest BCUT2D eigenvalue weighted by Gasteiger charge is -2.16. The van der Waals surface area contributed by atoms with E-state index >= 15 is 0 Å². The van der Waals surface area contributed by atoms with Gasteiger partial charge in [-0.15, -0.1) is 0 Å². The van der Waals surface area contributed by atoms with Crippen molar-refractivity contribution < 1.29 is 13.2 Å². The van der Waals surface area contributed by atoms with Crippen LogP contribution in [-0.4, -0.2) is 14.2 Å². The van der Waals surface area contributed by atoms with Crippen LogP contribution in [0.5, 0.6) is 0 Å². The summed E-state index contributed by atoms with van der Waals surface area (Å²) in [7, 11) is -3.63. The number of carbonyl (C=O) groups is 1. The average molecular weight is 296 g/mol. The first kappa shape index (κ1) is 13.5. The third kappa shape index (κ3) is 2.45. The van der Waals surface area contributed by atoms with Crippen molar-refractivity contribution in [1.82, 2.24) is 0 Å². The van der Waals surface area contributed by atoms with Crippen molar-refractivity contribution in [3.05, 3.63) is 83.3 Å². The second-order valence-corrected chi connectivity index (χ2v) is 6.42. The van der Waals surface area contributed by atoms with Crippen LogP contribution in [0.25, 0.3) is 10.5 Å². The van der Waals surface area contributed by atoms with Crippen LogP contribution in [-0.2, 0) is 14.6 Å². The molecule has 0 spiro atoms. The molecule has 2 aromatic carbocycles. The molecule has 0 bridgehead atoms. The van der Waals surface area contributed by atoms with Gasteiger partial charge in [-0.05, 0) is 17.2 Å².